The van der Waals surface area contributed by atoms with E-state index < -0.39 is 17.2 Å². The molecular formula is C12H9FN2O3. The first-order valence-corrected chi connectivity index (χ1v) is 5.52. The van der Waals surface area contributed by atoms with Crippen LogP contribution in [0.4, 0.5) is 4.39 Å². The third kappa shape index (κ3) is 1.57. The Bertz CT molecular complexity index is 719. The van der Waals surface area contributed by atoms with Crippen LogP contribution in [0.3, 0.4) is 0 Å². The molecule has 18 heavy (non-hydrogen) atoms. The van der Waals surface area contributed by atoms with Gasteiger partial charge in [-0.25, -0.2) is 14.2 Å². The van der Waals surface area contributed by atoms with E-state index in [1.54, 1.807) is 0 Å². The van der Waals surface area contributed by atoms with Crippen LogP contribution in [-0.4, -0.2) is 20.6 Å². The summed E-state index contributed by atoms with van der Waals surface area (Å²) >= 11 is 0. The second-order valence-corrected chi connectivity index (χ2v) is 4.32. The lowest BCUT2D eigenvalue weighted by Crippen LogP contribution is -2.18. The fourth-order valence-corrected chi connectivity index (χ4v) is 2.06. The maximum atomic E-state index is 13.1. The van der Waals surface area contributed by atoms with Crippen molar-refractivity contribution >= 4 is 17.0 Å². The molecule has 92 valence electrons. The Labute approximate surface area is 100 Å². The number of halogens is 1. The minimum absolute atomic E-state index is 0.0390. The van der Waals surface area contributed by atoms with E-state index >= 15 is 0 Å². The van der Waals surface area contributed by atoms with Crippen molar-refractivity contribution in [1.29, 1.82) is 0 Å². The summed E-state index contributed by atoms with van der Waals surface area (Å²) < 4.78 is 14.6. The monoisotopic (exact) mass is 248 g/mol. The maximum Gasteiger partial charge on any atom is 0.352 e. The van der Waals surface area contributed by atoms with Crippen molar-refractivity contribution in [3.63, 3.8) is 0 Å². The lowest BCUT2D eigenvalue weighted by molar-refractivity contribution is 0.0684. The lowest BCUT2D eigenvalue weighted by atomic mass is 10.2. The van der Waals surface area contributed by atoms with E-state index in [0.29, 0.717) is 0 Å². The van der Waals surface area contributed by atoms with E-state index in [1.807, 2.05) is 0 Å². The third-order valence-corrected chi connectivity index (χ3v) is 2.99. The number of fused-ring (bicyclic) bond motifs is 1. The molecular weight excluding hydrogens is 239 g/mol. The molecule has 0 unspecified atom stereocenters. The van der Waals surface area contributed by atoms with Crippen LogP contribution in [0.1, 0.15) is 29.4 Å². The van der Waals surface area contributed by atoms with E-state index in [0.717, 1.165) is 31.2 Å². The van der Waals surface area contributed by atoms with Crippen LogP contribution in [0.2, 0.25) is 0 Å². The molecule has 2 aromatic rings. The Morgan fingerprint density at radius 1 is 1.44 bits per heavy atom. The van der Waals surface area contributed by atoms with Crippen molar-refractivity contribution in [1.82, 2.24) is 9.55 Å². The Kier molecular flexibility index (Phi) is 2.19. The molecule has 3 rings (SSSR count). The Morgan fingerprint density at radius 3 is 2.78 bits per heavy atom. The van der Waals surface area contributed by atoms with Gasteiger partial charge in [-0.05, 0) is 18.9 Å². The normalized spacial score (nSPS) is 14.9. The van der Waals surface area contributed by atoms with Gasteiger partial charge in [0.1, 0.15) is 17.2 Å². The summed E-state index contributed by atoms with van der Waals surface area (Å²) in [6.07, 6.45) is 2.68. The second kappa shape index (κ2) is 3.63. The zero-order valence-corrected chi connectivity index (χ0v) is 9.26. The highest BCUT2D eigenvalue weighted by atomic mass is 19.1. The number of carboxylic acids is 1. The van der Waals surface area contributed by atoms with E-state index in [1.165, 1.54) is 4.57 Å². The zero-order valence-electron chi connectivity index (χ0n) is 9.26. The molecule has 0 aliphatic heterocycles. The van der Waals surface area contributed by atoms with Crippen molar-refractivity contribution in [2.75, 3.05) is 0 Å². The van der Waals surface area contributed by atoms with Crippen LogP contribution < -0.4 is 5.43 Å². The van der Waals surface area contributed by atoms with Gasteiger partial charge in [-0.15, -0.1) is 0 Å². The molecule has 1 aliphatic rings. The molecule has 2 heterocycles. The number of nitrogens with zero attached hydrogens (tertiary/aromatic N) is 2. The van der Waals surface area contributed by atoms with Crippen LogP contribution in [0.25, 0.3) is 11.0 Å². The summed E-state index contributed by atoms with van der Waals surface area (Å²) in [4.78, 5) is 26.8. The van der Waals surface area contributed by atoms with E-state index in [2.05, 4.69) is 4.98 Å². The fourth-order valence-electron chi connectivity index (χ4n) is 2.06. The first-order chi connectivity index (χ1) is 8.58. The van der Waals surface area contributed by atoms with Crippen LogP contribution in [0, 0.1) is 5.82 Å². The van der Waals surface area contributed by atoms with Gasteiger partial charge < -0.3 is 9.67 Å². The number of pyridine rings is 2. The molecule has 0 aromatic carbocycles. The Hall–Kier alpha value is -2.24. The largest absolute Gasteiger partial charge is 0.477 e. The molecule has 0 saturated heterocycles. The van der Waals surface area contributed by atoms with Crippen LogP contribution in [0.5, 0.6) is 0 Å². The molecule has 0 radical (unpaired) electrons. The molecule has 1 N–H and O–H groups in total. The highest BCUT2D eigenvalue weighted by Gasteiger charge is 2.29. The number of hydrogen-bond acceptors (Lipinski definition) is 3. The summed E-state index contributed by atoms with van der Waals surface area (Å²) in [5, 5.41) is 9.24. The molecule has 6 heteroatoms. The van der Waals surface area contributed by atoms with Crippen molar-refractivity contribution in [3.8, 4) is 0 Å². The van der Waals surface area contributed by atoms with Crippen molar-refractivity contribution in [2.45, 2.75) is 18.9 Å². The molecule has 1 saturated carbocycles. The molecule has 5 nitrogen and oxygen atoms in total. The average Bonchev–Trinajstić information content (AvgIpc) is 3.13. The smallest absolute Gasteiger partial charge is 0.352 e. The first kappa shape index (κ1) is 10.9. The Morgan fingerprint density at radius 2 is 2.17 bits per heavy atom. The van der Waals surface area contributed by atoms with Gasteiger partial charge in [0.2, 0.25) is 0 Å². The van der Waals surface area contributed by atoms with Gasteiger partial charge >= 0.3 is 5.97 Å². The quantitative estimate of drug-likeness (QED) is 0.875. The lowest BCUT2D eigenvalue weighted by Gasteiger charge is -2.12. The second-order valence-electron chi connectivity index (χ2n) is 4.32. The highest BCUT2D eigenvalue weighted by molar-refractivity contribution is 5.89. The predicted octanol–water partition coefficient (Wildman–Crippen LogP) is 1.57. The molecule has 0 spiro atoms. The number of carbonyl (C=O) groups is 1. The zero-order chi connectivity index (χ0) is 12.9. The number of aromatic carboxylic acids is 1. The topological polar surface area (TPSA) is 72.2 Å². The number of aromatic nitrogens is 2. The van der Waals surface area contributed by atoms with Crippen LogP contribution >= 0.6 is 0 Å². The van der Waals surface area contributed by atoms with E-state index in [4.69, 9.17) is 5.11 Å². The number of rotatable bonds is 2. The van der Waals surface area contributed by atoms with E-state index in [9.17, 15) is 14.0 Å². The van der Waals surface area contributed by atoms with E-state index in [-0.39, 0.29) is 22.8 Å². The number of carboxylic acid groups (broad SMARTS) is 1. The third-order valence-electron chi connectivity index (χ3n) is 2.99. The minimum Gasteiger partial charge on any atom is -0.477 e. The standard InChI is InChI=1S/C12H9FN2O3/c13-6-3-8-10(16)4-9(12(17)18)15(7-1-2-7)11(8)14-5-6/h3-5,7H,1-2H2,(H,17,18). The van der Waals surface area contributed by atoms with Gasteiger partial charge in [0, 0.05) is 12.1 Å². The Balaban J connectivity index is 2.44. The SMILES string of the molecule is O=C(O)c1cc(=O)c2cc(F)cnc2n1C1CC1. The van der Waals surface area contributed by atoms with Gasteiger partial charge in [-0.3, -0.25) is 4.79 Å². The van der Waals surface area contributed by atoms with Crippen LogP contribution in [-0.2, 0) is 0 Å². The van der Waals surface area contributed by atoms with Gasteiger partial charge in [-0.1, -0.05) is 0 Å². The van der Waals surface area contributed by atoms with Gasteiger partial charge in [0.05, 0.1) is 11.6 Å². The molecule has 1 fully saturated rings. The fraction of sp³-hybridized carbons (Fsp3) is 0.250. The summed E-state index contributed by atoms with van der Waals surface area (Å²) in [5.41, 5.74) is -0.371. The van der Waals surface area contributed by atoms with Crippen molar-refractivity contribution < 1.29 is 14.3 Å². The van der Waals surface area contributed by atoms with Gasteiger partial charge in [0.15, 0.2) is 5.43 Å². The van der Waals surface area contributed by atoms with Crippen LogP contribution in [0.15, 0.2) is 23.1 Å². The predicted molar refractivity (Wildman–Crippen MR) is 61.2 cm³/mol. The maximum absolute atomic E-state index is 13.1. The summed E-state index contributed by atoms with van der Waals surface area (Å²) in [6, 6.07) is 2.16. The first-order valence-electron chi connectivity index (χ1n) is 5.52. The summed E-state index contributed by atoms with van der Waals surface area (Å²) in [6.45, 7) is 0. The molecule has 1 aliphatic carbocycles. The molecule has 0 atom stereocenters. The molecule has 0 bridgehead atoms. The van der Waals surface area contributed by atoms with Crippen molar-refractivity contribution in [2.24, 2.45) is 0 Å². The number of hydrogen-bond donors (Lipinski definition) is 1. The summed E-state index contributed by atoms with van der Waals surface area (Å²) in [5.74, 6) is -1.78. The highest BCUT2D eigenvalue weighted by Crippen LogP contribution is 2.37. The van der Waals surface area contributed by atoms with Crippen molar-refractivity contribution in [3.05, 3.63) is 40.1 Å². The molecule has 0 amide bonds. The van der Waals surface area contributed by atoms with Gasteiger partial charge in [0.25, 0.3) is 0 Å². The minimum atomic E-state index is -1.17. The summed E-state index contributed by atoms with van der Waals surface area (Å²) in [7, 11) is 0. The average molecular weight is 248 g/mol. The molecule has 2 aromatic heterocycles. The van der Waals surface area contributed by atoms with Gasteiger partial charge in [-0.2, -0.15) is 0 Å².